The van der Waals surface area contributed by atoms with Crippen molar-refractivity contribution in [3.63, 3.8) is 0 Å². The van der Waals surface area contributed by atoms with Crippen molar-refractivity contribution in [1.29, 1.82) is 0 Å². The number of nitrogens with zero attached hydrogens (tertiary/aromatic N) is 3. The van der Waals surface area contributed by atoms with Gasteiger partial charge in [0.1, 0.15) is 0 Å². The highest BCUT2D eigenvalue weighted by Gasteiger charge is 2.31. The highest BCUT2D eigenvalue weighted by Crippen LogP contribution is 2.21. The Labute approximate surface area is 143 Å². The van der Waals surface area contributed by atoms with E-state index in [1.165, 1.54) is 4.90 Å². The number of rotatable bonds is 3. The molecule has 5 nitrogen and oxygen atoms in total. The van der Waals surface area contributed by atoms with Crippen molar-refractivity contribution in [2.24, 2.45) is 0 Å². The lowest BCUT2D eigenvalue weighted by molar-refractivity contribution is 0.115. The van der Waals surface area contributed by atoms with E-state index in [0.717, 1.165) is 51.4 Å². The Kier molecular flexibility index (Phi) is 5.46. The zero-order valence-corrected chi connectivity index (χ0v) is 14.8. The minimum absolute atomic E-state index is 0.0277. The molecule has 0 saturated carbocycles. The van der Waals surface area contributed by atoms with Gasteiger partial charge in [-0.1, -0.05) is 6.07 Å². The number of likely N-dealkylation sites (N-methyl/N-ethyl adjacent to an activating group) is 1. The third kappa shape index (κ3) is 4.19. The Hall–Kier alpha value is -1.24. The number of urea groups is 1. The molecule has 1 N–H and O–H groups in total. The van der Waals surface area contributed by atoms with Crippen LogP contribution in [0.15, 0.2) is 29.2 Å². The van der Waals surface area contributed by atoms with Gasteiger partial charge in [-0.15, -0.1) is 11.8 Å². The Morgan fingerprint density at radius 2 is 2.00 bits per heavy atom. The summed E-state index contributed by atoms with van der Waals surface area (Å²) in [4.78, 5) is 20.5. The number of amides is 2. The molecule has 2 heterocycles. The molecule has 2 aliphatic heterocycles. The number of anilines is 1. The van der Waals surface area contributed by atoms with Crippen LogP contribution in [0.2, 0.25) is 0 Å². The number of nitrogens with one attached hydrogen (secondary N) is 1. The van der Waals surface area contributed by atoms with Crippen molar-refractivity contribution in [2.45, 2.75) is 17.4 Å². The molecule has 126 valence electrons. The maximum absolute atomic E-state index is 12.5. The number of thioether (sulfide) groups is 1. The second kappa shape index (κ2) is 7.55. The van der Waals surface area contributed by atoms with Gasteiger partial charge in [-0.05, 0) is 37.9 Å². The number of likely N-dealkylation sites (tertiary alicyclic amines) is 1. The van der Waals surface area contributed by atoms with Crippen LogP contribution in [0.4, 0.5) is 10.5 Å². The fourth-order valence-electron chi connectivity index (χ4n) is 3.31. The Bertz CT molecular complexity index is 545. The summed E-state index contributed by atoms with van der Waals surface area (Å²) in [6.45, 7) is 6.19. The summed E-state index contributed by atoms with van der Waals surface area (Å²) in [6.07, 6.45) is 3.13. The lowest BCUT2D eigenvalue weighted by Gasteiger charge is -2.36. The molecule has 0 aliphatic carbocycles. The Balaban J connectivity index is 1.53. The van der Waals surface area contributed by atoms with Gasteiger partial charge in [-0.2, -0.15) is 0 Å². The van der Waals surface area contributed by atoms with Crippen LogP contribution in [-0.4, -0.2) is 79.3 Å². The van der Waals surface area contributed by atoms with E-state index in [9.17, 15) is 4.79 Å². The number of benzene rings is 1. The van der Waals surface area contributed by atoms with Crippen LogP contribution in [0, 0.1) is 0 Å². The van der Waals surface area contributed by atoms with Crippen LogP contribution in [0.1, 0.15) is 6.42 Å². The van der Waals surface area contributed by atoms with Crippen LogP contribution < -0.4 is 5.32 Å². The Morgan fingerprint density at radius 3 is 2.74 bits per heavy atom. The Morgan fingerprint density at radius 1 is 1.22 bits per heavy atom. The normalized spacial score (nSPS) is 23.2. The first-order valence-electron chi connectivity index (χ1n) is 8.28. The maximum atomic E-state index is 12.5. The first kappa shape index (κ1) is 16.6. The maximum Gasteiger partial charge on any atom is 0.321 e. The SMILES string of the molecule is CSc1cccc(NC(=O)N2CCC(N3CCN(C)CC3)C2)c1. The van der Waals surface area contributed by atoms with Crippen LogP contribution in [0.5, 0.6) is 0 Å². The highest BCUT2D eigenvalue weighted by atomic mass is 32.2. The van der Waals surface area contributed by atoms with Gasteiger partial charge in [0, 0.05) is 55.9 Å². The fourth-order valence-corrected chi connectivity index (χ4v) is 3.77. The molecule has 23 heavy (non-hydrogen) atoms. The van der Waals surface area contributed by atoms with Gasteiger partial charge >= 0.3 is 6.03 Å². The number of carbonyl (C=O) groups excluding carboxylic acids is 1. The van der Waals surface area contributed by atoms with Gasteiger partial charge in [0.05, 0.1) is 0 Å². The summed E-state index contributed by atoms with van der Waals surface area (Å²) in [5.74, 6) is 0. The van der Waals surface area contributed by atoms with E-state index in [-0.39, 0.29) is 6.03 Å². The molecular weight excluding hydrogens is 308 g/mol. The second-order valence-corrected chi connectivity index (χ2v) is 7.27. The third-order valence-electron chi connectivity index (χ3n) is 4.83. The summed E-state index contributed by atoms with van der Waals surface area (Å²) < 4.78 is 0. The quantitative estimate of drug-likeness (QED) is 0.861. The topological polar surface area (TPSA) is 38.8 Å². The van der Waals surface area contributed by atoms with Crippen molar-refractivity contribution in [3.8, 4) is 0 Å². The van der Waals surface area contributed by atoms with E-state index in [0.29, 0.717) is 6.04 Å². The molecule has 0 aromatic heterocycles. The van der Waals surface area contributed by atoms with Crippen LogP contribution in [-0.2, 0) is 0 Å². The first-order valence-corrected chi connectivity index (χ1v) is 9.51. The van der Waals surface area contributed by atoms with Gasteiger partial charge in [-0.3, -0.25) is 4.90 Å². The predicted molar refractivity (Wildman–Crippen MR) is 96.3 cm³/mol. The molecule has 0 bridgehead atoms. The van der Waals surface area contributed by atoms with Gasteiger partial charge in [0.2, 0.25) is 0 Å². The molecule has 6 heteroatoms. The molecule has 1 aromatic carbocycles. The minimum atomic E-state index is 0.0277. The lowest BCUT2D eigenvalue weighted by atomic mass is 10.2. The molecule has 2 aliphatic rings. The van der Waals surface area contributed by atoms with Crippen molar-refractivity contribution < 1.29 is 4.79 Å². The van der Waals surface area contributed by atoms with Crippen LogP contribution in [0.25, 0.3) is 0 Å². The largest absolute Gasteiger partial charge is 0.323 e. The summed E-state index contributed by atoms with van der Waals surface area (Å²) in [6, 6.07) is 8.56. The molecule has 1 aromatic rings. The highest BCUT2D eigenvalue weighted by molar-refractivity contribution is 7.98. The average Bonchev–Trinajstić information content (AvgIpc) is 3.06. The molecule has 2 fully saturated rings. The molecule has 1 unspecified atom stereocenters. The van der Waals surface area contributed by atoms with Crippen molar-refractivity contribution in [1.82, 2.24) is 14.7 Å². The molecule has 0 spiro atoms. The van der Waals surface area contributed by atoms with Gasteiger partial charge in [0.25, 0.3) is 0 Å². The van der Waals surface area contributed by atoms with E-state index < -0.39 is 0 Å². The predicted octanol–water partition coefficient (Wildman–Crippen LogP) is 2.26. The van der Waals surface area contributed by atoms with E-state index >= 15 is 0 Å². The van der Waals surface area contributed by atoms with E-state index in [1.807, 2.05) is 29.4 Å². The summed E-state index contributed by atoms with van der Waals surface area (Å²) in [7, 11) is 2.18. The van der Waals surface area contributed by atoms with Crippen molar-refractivity contribution >= 4 is 23.5 Å². The standard InChI is InChI=1S/C17H26N4OS/c1-19-8-10-20(11-9-19)15-6-7-21(13-15)17(22)18-14-4-3-5-16(12-14)23-2/h3-5,12,15H,6-11,13H2,1-2H3,(H,18,22). The summed E-state index contributed by atoms with van der Waals surface area (Å²) in [5.41, 5.74) is 0.880. The van der Waals surface area contributed by atoms with Gasteiger partial charge in [-0.25, -0.2) is 4.79 Å². The van der Waals surface area contributed by atoms with Crippen LogP contribution >= 0.6 is 11.8 Å². The van der Waals surface area contributed by atoms with E-state index in [4.69, 9.17) is 0 Å². The van der Waals surface area contributed by atoms with E-state index in [1.54, 1.807) is 11.8 Å². The van der Waals surface area contributed by atoms with E-state index in [2.05, 4.69) is 28.2 Å². The zero-order valence-electron chi connectivity index (χ0n) is 14.0. The van der Waals surface area contributed by atoms with Gasteiger partial charge < -0.3 is 15.1 Å². The number of carbonyl (C=O) groups is 1. The molecule has 1 atom stereocenters. The molecule has 2 amide bonds. The van der Waals surface area contributed by atoms with Crippen LogP contribution in [0.3, 0.4) is 0 Å². The summed E-state index contributed by atoms with van der Waals surface area (Å²) in [5, 5.41) is 3.04. The monoisotopic (exact) mass is 334 g/mol. The zero-order chi connectivity index (χ0) is 16.2. The molecule has 0 radical (unpaired) electrons. The summed E-state index contributed by atoms with van der Waals surface area (Å²) >= 11 is 1.69. The van der Waals surface area contributed by atoms with Gasteiger partial charge in [0.15, 0.2) is 0 Å². The van der Waals surface area contributed by atoms with Crippen molar-refractivity contribution in [2.75, 3.05) is 57.9 Å². The lowest BCUT2D eigenvalue weighted by Crippen LogP contribution is -2.50. The number of hydrogen-bond acceptors (Lipinski definition) is 4. The first-order chi connectivity index (χ1) is 11.2. The second-order valence-electron chi connectivity index (χ2n) is 6.39. The fraction of sp³-hybridized carbons (Fsp3) is 0.588. The smallest absolute Gasteiger partial charge is 0.321 e. The minimum Gasteiger partial charge on any atom is -0.323 e. The number of hydrogen-bond donors (Lipinski definition) is 1. The van der Waals surface area contributed by atoms with Crippen molar-refractivity contribution in [3.05, 3.63) is 24.3 Å². The molecule has 3 rings (SSSR count). The molecule has 2 saturated heterocycles. The average molecular weight is 334 g/mol. The number of piperazine rings is 1. The third-order valence-corrected chi connectivity index (χ3v) is 5.55. The molecular formula is C17H26N4OS.